The molecular formula is C3H11NO5S. The third kappa shape index (κ3) is 677. The zero-order valence-electron chi connectivity index (χ0n) is 5.66. The van der Waals surface area contributed by atoms with E-state index in [0.29, 0.717) is 6.26 Å². The Balaban J connectivity index is -0.0000000910. The maximum atomic E-state index is 9.22. The van der Waals surface area contributed by atoms with Crippen LogP contribution < -0.4 is 5.73 Å². The van der Waals surface area contributed by atoms with E-state index < -0.39 is 10.1 Å². The van der Waals surface area contributed by atoms with Crippen molar-refractivity contribution in [1.82, 2.24) is 0 Å². The number of amides is 1. The number of hydrogen-bond donors (Lipinski definition) is 2. The molecule has 0 aromatic carbocycles. The lowest BCUT2D eigenvalue weighted by Gasteiger charge is -1.69. The summed E-state index contributed by atoms with van der Waals surface area (Å²) in [5.74, 6) is -0.333. The Labute approximate surface area is 59.1 Å². The summed E-state index contributed by atoms with van der Waals surface area (Å²) in [5, 5.41) is 0. The van der Waals surface area contributed by atoms with Crippen LogP contribution in [0.4, 0.5) is 0 Å². The standard InChI is InChI=1S/C2H5NO.CH4O3S.H2O/c1-2(3)4;1-5(2,3)4;/h1H3,(H2,3,4);1H3,(H,2,3,4);1H2. The molecule has 5 N–H and O–H groups in total. The van der Waals surface area contributed by atoms with Crippen molar-refractivity contribution in [3.05, 3.63) is 0 Å². The monoisotopic (exact) mass is 173 g/mol. The van der Waals surface area contributed by atoms with Crippen LogP contribution in [-0.2, 0) is 14.9 Å². The number of nitrogens with two attached hydrogens (primary N) is 1. The average Bonchev–Trinajstić information content (AvgIpc) is 1.19. The first-order valence-electron chi connectivity index (χ1n) is 1.92. The lowest BCUT2D eigenvalue weighted by Crippen LogP contribution is -2.01. The Kier molecular flexibility index (Phi) is 10.4. The van der Waals surface area contributed by atoms with E-state index in [1.165, 1.54) is 6.92 Å². The van der Waals surface area contributed by atoms with Gasteiger partial charge in [0.2, 0.25) is 5.91 Å². The van der Waals surface area contributed by atoms with Crippen molar-refractivity contribution in [3.63, 3.8) is 0 Å². The fourth-order valence-electron chi connectivity index (χ4n) is 0. The van der Waals surface area contributed by atoms with Gasteiger partial charge in [-0.05, 0) is 0 Å². The molecule has 1 amide bonds. The Morgan fingerprint density at radius 3 is 1.50 bits per heavy atom. The summed E-state index contributed by atoms with van der Waals surface area (Å²) in [6.45, 7) is 1.31. The van der Waals surface area contributed by atoms with Crippen LogP contribution in [-0.4, -0.2) is 30.6 Å². The van der Waals surface area contributed by atoms with E-state index in [-0.39, 0.29) is 11.4 Å². The van der Waals surface area contributed by atoms with E-state index in [2.05, 4.69) is 5.73 Å². The van der Waals surface area contributed by atoms with Gasteiger partial charge in [-0.25, -0.2) is 0 Å². The molecule has 0 aromatic rings. The highest BCUT2D eigenvalue weighted by Gasteiger charge is 1.81. The molecule has 64 valence electrons. The van der Waals surface area contributed by atoms with Crippen molar-refractivity contribution in [2.75, 3.05) is 6.26 Å². The molecule has 10 heavy (non-hydrogen) atoms. The van der Waals surface area contributed by atoms with Crippen LogP contribution in [0.5, 0.6) is 0 Å². The first-order chi connectivity index (χ1) is 3.73. The summed E-state index contributed by atoms with van der Waals surface area (Å²) in [7, 11) is -3.67. The Morgan fingerprint density at radius 1 is 1.50 bits per heavy atom. The second-order valence-corrected chi connectivity index (χ2v) is 2.81. The van der Waals surface area contributed by atoms with Gasteiger partial charge in [0.1, 0.15) is 0 Å². The summed E-state index contributed by atoms with van der Waals surface area (Å²) >= 11 is 0. The number of carbonyl (C=O) groups is 1. The van der Waals surface area contributed by atoms with Crippen LogP contribution >= 0.6 is 0 Å². The van der Waals surface area contributed by atoms with Crippen LogP contribution in [0.2, 0.25) is 0 Å². The zero-order chi connectivity index (χ0) is 8.08. The number of primary amides is 1. The molecule has 6 nitrogen and oxygen atoms in total. The molecule has 0 saturated heterocycles. The van der Waals surface area contributed by atoms with Crippen molar-refractivity contribution in [2.24, 2.45) is 5.73 Å². The van der Waals surface area contributed by atoms with Gasteiger partial charge in [-0.2, -0.15) is 8.42 Å². The van der Waals surface area contributed by atoms with Crippen molar-refractivity contribution >= 4 is 16.0 Å². The van der Waals surface area contributed by atoms with Gasteiger partial charge < -0.3 is 11.2 Å². The SMILES string of the molecule is CC(N)=O.CS(=O)(=O)O.O. The first kappa shape index (κ1) is 16.2. The van der Waals surface area contributed by atoms with E-state index in [0.717, 1.165) is 0 Å². The van der Waals surface area contributed by atoms with Crippen LogP contribution in [0.3, 0.4) is 0 Å². The first-order valence-corrected chi connectivity index (χ1v) is 3.77. The second kappa shape index (κ2) is 6.46. The molecule has 0 rings (SSSR count). The minimum Gasteiger partial charge on any atom is -0.412 e. The molecular weight excluding hydrogens is 162 g/mol. The highest BCUT2D eigenvalue weighted by atomic mass is 32.2. The predicted molar refractivity (Wildman–Crippen MR) is 36.0 cm³/mol. The summed E-state index contributed by atoms with van der Waals surface area (Å²) in [5.41, 5.74) is 4.47. The van der Waals surface area contributed by atoms with Crippen LogP contribution in [0, 0.1) is 0 Å². The quantitative estimate of drug-likeness (QED) is 0.417. The van der Waals surface area contributed by atoms with Crippen LogP contribution in [0.1, 0.15) is 6.92 Å². The van der Waals surface area contributed by atoms with Gasteiger partial charge in [-0.15, -0.1) is 0 Å². The topological polar surface area (TPSA) is 129 Å². The molecule has 0 fully saturated rings. The van der Waals surface area contributed by atoms with Gasteiger partial charge >= 0.3 is 0 Å². The van der Waals surface area contributed by atoms with Crippen molar-refractivity contribution < 1.29 is 23.2 Å². The van der Waals surface area contributed by atoms with Crippen molar-refractivity contribution in [1.29, 1.82) is 0 Å². The van der Waals surface area contributed by atoms with E-state index in [4.69, 9.17) is 4.55 Å². The summed E-state index contributed by atoms with van der Waals surface area (Å²) < 4.78 is 25.9. The third-order valence-corrected chi connectivity index (χ3v) is 0. The Bertz CT molecular complexity index is 159. The molecule has 0 aliphatic heterocycles. The van der Waals surface area contributed by atoms with E-state index in [1.807, 2.05) is 0 Å². The van der Waals surface area contributed by atoms with Crippen LogP contribution in [0.15, 0.2) is 0 Å². The van der Waals surface area contributed by atoms with Gasteiger partial charge in [0.05, 0.1) is 6.26 Å². The predicted octanol–water partition coefficient (Wildman–Crippen LogP) is -1.83. The lowest BCUT2D eigenvalue weighted by atomic mass is 10.8. The highest BCUT2D eigenvalue weighted by Crippen LogP contribution is 1.60. The number of carbonyl (C=O) groups excluding carboxylic acids is 1. The molecule has 0 bridgehead atoms. The second-order valence-electron chi connectivity index (χ2n) is 1.34. The molecule has 0 aliphatic carbocycles. The smallest absolute Gasteiger partial charge is 0.261 e. The Morgan fingerprint density at radius 2 is 1.50 bits per heavy atom. The molecule has 0 atom stereocenters. The third-order valence-electron chi connectivity index (χ3n) is 0. The Hall–Kier alpha value is -0.660. The average molecular weight is 173 g/mol. The minimum atomic E-state index is -3.67. The van der Waals surface area contributed by atoms with Gasteiger partial charge in [0, 0.05) is 6.92 Å². The van der Waals surface area contributed by atoms with E-state index in [9.17, 15) is 13.2 Å². The van der Waals surface area contributed by atoms with Gasteiger partial charge in [0.15, 0.2) is 0 Å². The van der Waals surface area contributed by atoms with Gasteiger partial charge in [-0.1, -0.05) is 0 Å². The lowest BCUT2D eigenvalue weighted by molar-refractivity contribution is -0.115. The highest BCUT2D eigenvalue weighted by molar-refractivity contribution is 7.85. The normalized spacial score (nSPS) is 8.30. The molecule has 0 aliphatic rings. The fourth-order valence-corrected chi connectivity index (χ4v) is 0. The van der Waals surface area contributed by atoms with Crippen molar-refractivity contribution in [2.45, 2.75) is 6.92 Å². The molecule has 0 unspecified atom stereocenters. The zero-order valence-corrected chi connectivity index (χ0v) is 6.47. The molecule has 0 saturated carbocycles. The van der Waals surface area contributed by atoms with E-state index in [1.54, 1.807) is 0 Å². The molecule has 0 heterocycles. The van der Waals surface area contributed by atoms with Gasteiger partial charge in [0.25, 0.3) is 10.1 Å². The van der Waals surface area contributed by atoms with Gasteiger partial charge in [-0.3, -0.25) is 9.35 Å². The summed E-state index contributed by atoms with van der Waals surface area (Å²) in [6, 6.07) is 0. The molecule has 0 spiro atoms. The van der Waals surface area contributed by atoms with E-state index >= 15 is 0 Å². The maximum Gasteiger partial charge on any atom is 0.261 e. The molecule has 0 radical (unpaired) electrons. The minimum absolute atomic E-state index is 0. The molecule has 0 aromatic heterocycles. The summed E-state index contributed by atoms with van der Waals surface area (Å²) in [6.07, 6.45) is 0.715. The van der Waals surface area contributed by atoms with Crippen LogP contribution in [0.25, 0.3) is 0 Å². The maximum absolute atomic E-state index is 9.22. The largest absolute Gasteiger partial charge is 0.412 e. The molecule has 7 heteroatoms. The number of rotatable bonds is 0. The number of hydrogen-bond acceptors (Lipinski definition) is 3. The van der Waals surface area contributed by atoms with Crippen molar-refractivity contribution in [3.8, 4) is 0 Å². The fraction of sp³-hybridized carbons (Fsp3) is 0.667. The summed E-state index contributed by atoms with van der Waals surface area (Å²) in [4.78, 5) is 9.22.